The number of hydrogen-bond acceptors (Lipinski definition) is 2. The average Bonchev–Trinajstić information content (AvgIpc) is 2.53. The molecule has 0 saturated carbocycles. The van der Waals surface area contributed by atoms with Crippen LogP contribution in [0.15, 0.2) is 53.5 Å². The summed E-state index contributed by atoms with van der Waals surface area (Å²) in [5.74, 6) is 0.0990. The number of carbonyl (C=O) groups is 1. The maximum absolute atomic E-state index is 12.3. The topological polar surface area (TPSA) is 32.7 Å². The number of rotatable bonds is 2. The Labute approximate surface area is 135 Å². The molecule has 0 atom stereocenters. The maximum atomic E-state index is 12.3. The number of benzene rings is 2. The van der Waals surface area contributed by atoms with E-state index < -0.39 is 0 Å². The van der Waals surface area contributed by atoms with Gasteiger partial charge in [0.15, 0.2) is 0 Å². The van der Waals surface area contributed by atoms with Crippen molar-refractivity contribution in [2.75, 3.05) is 18.0 Å². The van der Waals surface area contributed by atoms with Crippen LogP contribution in [0, 0.1) is 0 Å². The Kier molecular flexibility index (Phi) is 4.25. The third-order valence-electron chi connectivity index (χ3n) is 3.76. The monoisotopic (exact) mass is 312 g/mol. The Bertz CT molecular complexity index is 725. The smallest absolute Gasteiger partial charge is 0.228 e. The summed E-state index contributed by atoms with van der Waals surface area (Å²) in [6.45, 7) is 3.11. The highest BCUT2D eigenvalue weighted by Crippen LogP contribution is 2.29. The number of nitrogens with zero attached hydrogens (tertiary/aromatic N) is 2. The predicted octanol–water partition coefficient (Wildman–Crippen LogP) is 3.93. The summed E-state index contributed by atoms with van der Waals surface area (Å²) in [6, 6.07) is 15.6. The van der Waals surface area contributed by atoms with Gasteiger partial charge in [-0.05, 0) is 25.1 Å². The fourth-order valence-electron chi connectivity index (χ4n) is 2.74. The molecule has 0 bridgehead atoms. The summed E-state index contributed by atoms with van der Waals surface area (Å²) in [6.07, 6.45) is 0.423. The lowest BCUT2D eigenvalue weighted by atomic mass is 9.98. The molecule has 0 saturated heterocycles. The molecule has 3 nitrogen and oxygen atoms in total. The normalized spacial score (nSPS) is 14.9. The molecule has 3 rings (SSSR count). The summed E-state index contributed by atoms with van der Waals surface area (Å²) >= 11 is 6.19. The van der Waals surface area contributed by atoms with Gasteiger partial charge >= 0.3 is 0 Å². The summed E-state index contributed by atoms with van der Waals surface area (Å²) in [5.41, 5.74) is 3.72. The summed E-state index contributed by atoms with van der Waals surface area (Å²) in [5, 5.41) is 0.645. The Balaban J connectivity index is 2.21. The van der Waals surface area contributed by atoms with Crippen molar-refractivity contribution >= 4 is 28.9 Å². The lowest BCUT2D eigenvalue weighted by molar-refractivity contribution is -0.118. The summed E-state index contributed by atoms with van der Waals surface area (Å²) in [7, 11) is 0. The molecular formula is C18H17ClN2O. The van der Waals surface area contributed by atoms with Crippen molar-refractivity contribution in [3.63, 3.8) is 0 Å². The minimum atomic E-state index is 0.0990. The van der Waals surface area contributed by atoms with Crippen LogP contribution in [-0.4, -0.2) is 24.7 Å². The first-order chi connectivity index (χ1) is 10.7. The van der Waals surface area contributed by atoms with Crippen molar-refractivity contribution in [3.8, 4) is 0 Å². The number of fused-ring (bicyclic) bond motifs is 1. The van der Waals surface area contributed by atoms with Gasteiger partial charge in [-0.2, -0.15) is 0 Å². The van der Waals surface area contributed by atoms with E-state index in [1.165, 1.54) is 0 Å². The zero-order chi connectivity index (χ0) is 15.5. The highest BCUT2D eigenvalue weighted by atomic mass is 35.5. The second kappa shape index (κ2) is 6.32. The number of aliphatic imine (C=N–C) groups is 1. The van der Waals surface area contributed by atoms with Gasteiger partial charge in [0.2, 0.25) is 5.91 Å². The highest BCUT2D eigenvalue weighted by Gasteiger charge is 2.22. The van der Waals surface area contributed by atoms with Crippen LogP contribution in [0.4, 0.5) is 5.69 Å². The van der Waals surface area contributed by atoms with Crippen LogP contribution in [0.1, 0.15) is 24.5 Å². The second-order valence-corrected chi connectivity index (χ2v) is 5.58. The molecule has 0 spiro atoms. The van der Waals surface area contributed by atoms with E-state index in [9.17, 15) is 4.79 Å². The molecule has 0 radical (unpaired) electrons. The van der Waals surface area contributed by atoms with Gasteiger partial charge < -0.3 is 4.90 Å². The van der Waals surface area contributed by atoms with Crippen LogP contribution in [0.25, 0.3) is 0 Å². The minimum absolute atomic E-state index is 0.0990. The molecule has 4 heteroatoms. The predicted molar refractivity (Wildman–Crippen MR) is 91.0 cm³/mol. The van der Waals surface area contributed by atoms with Gasteiger partial charge in [-0.1, -0.05) is 41.9 Å². The number of carbonyl (C=O) groups excluding carboxylic acids is 1. The van der Waals surface area contributed by atoms with E-state index in [0.29, 0.717) is 24.5 Å². The second-order valence-electron chi connectivity index (χ2n) is 5.15. The van der Waals surface area contributed by atoms with Gasteiger partial charge in [-0.3, -0.25) is 9.79 Å². The maximum Gasteiger partial charge on any atom is 0.228 e. The molecule has 0 fully saturated rings. The lowest BCUT2D eigenvalue weighted by Crippen LogP contribution is -2.33. The van der Waals surface area contributed by atoms with Crippen LogP contribution in [0.5, 0.6) is 0 Å². The van der Waals surface area contributed by atoms with Gasteiger partial charge in [0.25, 0.3) is 0 Å². The third kappa shape index (κ3) is 2.77. The zero-order valence-electron chi connectivity index (χ0n) is 12.4. The lowest BCUT2D eigenvalue weighted by Gasteiger charge is -2.26. The molecule has 112 valence electrons. The molecule has 0 N–H and O–H groups in total. The number of anilines is 1. The molecule has 0 aromatic heterocycles. The fraction of sp³-hybridized carbons (Fsp3) is 0.222. The van der Waals surface area contributed by atoms with Crippen molar-refractivity contribution in [2.45, 2.75) is 13.3 Å². The SMILES string of the molecule is CCN1C(=O)CCN=C(c2ccccc2)c2cc(Cl)ccc21. The van der Waals surface area contributed by atoms with Gasteiger partial charge in [0, 0.05) is 35.7 Å². The van der Waals surface area contributed by atoms with Crippen molar-refractivity contribution < 1.29 is 4.79 Å². The first-order valence-electron chi connectivity index (χ1n) is 7.41. The molecular weight excluding hydrogens is 296 g/mol. The first kappa shape index (κ1) is 14.8. The first-order valence-corrected chi connectivity index (χ1v) is 7.78. The molecule has 1 aliphatic rings. The van der Waals surface area contributed by atoms with Gasteiger partial charge in [-0.15, -0.1) is 0 Å². The summed E-state index contributed by atoms with van der Waals surface area (Å²) < 4.78 is 0. The Morgan fingerprint density at radius 1 is 1.18 bits per heavy atom. The van der Waals surface area contributed by atoms with E-state index in [2.05, 4.69) is 4.99 Å². The van der Waals surface area contributed by atoms with Crippen LogP contribution >= 0.6 is 11.6 Å². The Morgan fingerprint density at radius 3 is 2.68 bits per heavy atom. The Morgan fingerprint density at radius 2 is 1.95 bits per heavy atom. The van der Waals surface area contributed by atoms with Crippen molar-refractivity contribution in [1.82, 2.24) is 0 Å². The van der Waals surface area contributed by atoms with E-state index in [0.717, 1.165) is 22.5 Å². The van der Waals surface area contributed by atoms with Crippen molar-refractivity contribution in [1.29, 1.82) is 0 Å². The van der Waals surface area contributed by atoms with E-state index in [4.69, 9.17) is 11.6 Å². The number of halogens is 1. The van der Waals surface area contributed by atoms with Gasteiger partial charge in [-0.25, -0.2) is 0 Å². The van der Waals surface area contributed by atoms with Gasteiger partial charge in [0.1, 0.15) is 0 Å². The number of hydrogen-bond donors (Lipinski definition) is 0. The molecule has 0 aliphatic carbocycles. The quantitative estimate of drug-likeness (QED) is 0.827. The van der Waals surface area contributed by atoms with E-state index in [-0.39, 0.29) is 5.91 Å². The molecule has 0 unspecified atom stereocenters. The van der Waals surface area contributed by atoms with Crippen LogP contribution in [0.3, 0.4) is 0 Å². The number of amides is 1. The third-order valence-corrected chi connectivity index (χ3v) is 4.00. The highest BCUT2D eigenvalue weighted by molar-refractivity contribution is 6.31. The largest absolute Gasteiger partial charge is 0.312 e. The van der Waals surface area contributed by atoms with E-state index >= 15 is 0 Å². The summed E-state index contributed by atoms with van der Waals surface area (Å²) in [4.78, 5) is 18.8. The average molecular weight is 313 g/mol. The van der Waals surface area contributed by atoms with E-state index in [1.54, 1.807) is 0 Å². The van der Waals surface area contributed by atoms with Gasteiger partial charge in [0.05, 0.1) is 11.4 Å². The molecule has 1 amide bonds. The molecule has 1 aliphatic heterocycles. The van der Waals surface area contributed by atoms with Crippen molar-refractivity contribution in [2.24, 2.45) is 4.99 Å². The molecule has 2 aromatic rings. The minimum Gasteiger partial charge on any atom is -0.312 e. The standard InChI is InChI=1S/C18H17ClN2O/c1-2-21-16-9-8-14(19)12-15(16)18(20-11-10-17(21)22)13-6-4-3-5-7-13/h3-9,12H,2,10-11H2,1H3. The molecule has 2 aromatic carbocycles. The Hall–Kier alpha value is -2.13. The molecule has 22 heavy (non-hydrogen) atoms. The van der Waals surface area contributed by atoms with Crippen LogP contribution < -0.4 is 4.90 Å². The van der Waals surface area contributed by atoms with Crippen LogP contribution in [0.2, 0.25) is 5.02 Å². The molecule has 1 heterocycles. The van der Waals surface area contributed by atoms with Crippen LogP contribution in [-0.2, 0) is 4.79 Å². The van der Waals surface area contributed by atoms with E-state index in [1.807, 2.05) is 60.4 Å². The fourth-order valence-corrected chi connectivity index (χ4v) is 2.91. The zero-order valence-corrected chi connectivity index (χ0v) is 13.2. The van der Waals surface area contributed by atoms with Crippen molar-refractivity contribution in [3.05, 3.63) is 64.7 Å².